The summed E-state index contributed by atoms with van der Waals surface area (Å²) < 4.78 is 9.22. The Bertz CT molecular complexity index is 551. The number of nitrogens with zero attached hydrogens (tertiary/aromatic N) is 4. The van der Waals surface area contributed by atoms with E-state index in [-0.39, 0.29) is 6.04 Å². The van der Waals surface area contributed by atoms with Crippen LogP contribution in [0.3, 0.4) is 0 Å². The maximum absolute atomic E-state index is 6.46. The minimum atomic E-state index is -0.292. The van der Waals surface area contributed by atoms with E-state index in [1.54, 1.807) is 13.3 Å². The van der Waals surface area contributed by atoms with Crippen molar-refractivity contribution < 1.29 is 4.74 Å². The predicted octanol–water partition coefficient (Wildman–Crippen LogP) is 1.74. The standard InChI is InChI=1S/C14H23N5O/c1-5-10-8-11(18(6-2)17-10)13(15)14-12(20-4)9-16-19(14)7-3/h8-9,13H,5-7,15H2,1-4H3. The summed E-state index contributed by atoms with van der Waals surface area (Å²) in [6.07, 6.45) is 2.61. The van der Waals surface area contributed by atoms with Crippen LogP contribution in [0.2, 0.25) is 0 Å². The molecule has 0 aliphatic rings. The summed E-state index contributed by atoms with van der Waals surface area (Å²) in [6, 6.07) is 1.78. The smallest absolute Gasteiger partial charge is 0.161 e. The molecule has 6 nitrogen and oxygen atoms in total. The van der Waals surface area contributed by atoms with E-state index in [1.807, 2.05) is 16.3 Å². The third-order valence-electron chi connectivity index (χ3n) is 3.50. The lowest BCUT2D eigenvalue weighted by Crippen LogP contribution is -2.21. The number of ether oxygens (including phenoxy) is 1. The molecule has 0 spiro atoms. The molecule has 2 rings (SSSR count). The molecule has 0 saturated heterocycles. The summed E-state index contributed by atoms with van der Waals surface area (Å²) in [6.45, 7) is 7.75. The van der Waals surface area contributed by atoms with Crippen molar-refractivity contribution in [3.63, 3.8) is 0 Å². The van der Waals surface area contributed by atoms with Crippen LogP contribution in [0.5, 0.6) is 5.75 Å². The van der Waals surface area contributed by atoms with Crippen molar-refractivity contribution in [2.24, 2.45) is 5.73 Å². The van der Waals surface area contributed by atoms with Crippen LogP contribution < -0.4 is 10.5 Å². The lowest BCUT2D eigenvalue weighted by Gasteiger charge is -2.16. The highest BCUT2D eigenvalue weighted by Gasteiger charge is 2.23. The van der Waals surface area contributed by atoms with Crippen molar-refractivity contribution in [1.29, 1.82) is 0 Å². The zero-order valence-electron chi connectivity index (χ0n) is 12.6. The van der Waals surface area contributed by atoms with E-state index >= 15 is 0 Å². The average Bonchev–Trinajstić information content (AvgIpc) is 3.09. The highest BCUT2D eigenvalue weighted by Crippen LogP contribution is 2.28. The van der Waals surface area contributed by atoms with E-state index in [0.29, 0.717) is 0 Å². The second-order valence-corrected chi connectivity index (χ2v) is 4.62. The van der Waals surface area contributed by atoms with Crippen molar-refractivity contribution in [3.8, 4) is 5.75 Å². The number of aryl methyl sites for hydroxylation is 3. The van der Waals surface area contributed by atoms with Crippen LogP contribution in [-0.4, -0.2) is 26.7 Å². The van der Waals surface area contributed by atoms with Gasteiger partial charge < -0.3 is 10.5 Å². The monoisotopic (exact) mass is 277 g/mol. The molecule has 2 aromatic rings. The van der Waals surface area contributed by atoms with Crippen molar-refractivity contribution in [1.82, 2.24) is 19.6 Å². The van der Waals surface area contributed by atoms with Gasteiger partial charge in [-0.2, -0.15) is 10.2 Å². The third kappa shape index (κ3) is 2.43. The molecule has 2 heterocycles. The summed E-state index contributed by atoms with van der Waals surface area (Å²) in [4.78, 5) is 0. The number of hydrogen-bond donors (Lipinski definition) is 1. The lowest BCUT2D eigenvalue weighted by molar-refractivity contribution is 0.403. The van der Waals surface area contributed by atoms with Gasteiger partial charge in [0.25, 0.3) is 0 Å². The number of rotatable bonds is 6. The normalized spacial score (nSPS) is 12.7. The molecule has 1 atom stereocenters. The second-order valence-electron chi connectivity index (χ2n) is 4.62. The van der Waals surface area contributed by atoms with Crippen LogP contribution >= 0.6 is 0 Å². The number of aromatic nitrogens is 4. The van der Waals surface area contributed by atoms with Gasteiger partial charge in [0, 0.05) is 13.1 Å². The molecular weight excluding hydrogens is 254 g/mol. The Hall–Kier alpha value is -1.82. The Kier molecular flexibility index (Phi) is 4.44. The summed E-state index contributed by atoms with van der Waals surface area (Å²) >= 11 is 0. The van der Waals surface area contributed by atoms with Crippen LogP contribution in [0, 0.1) is 0 Å². The molecule has 6 heteroatoms. The van der Waals surface area contributed by atoms with Gasteiger partial charge in [-0.3, -0.25) is 9.36 Å². The first-order valence-electron chi connectivity index (χ1n) is 7.08. The highest BCUT2D eigenvalue weighted by atomic mass is 16.5. The van der Waals surface area contributed by atoms with E-state index in [0.717, 1.165) is 42.3 Å². The largest absolute Gasteiger partial charge is 0.493 e. The fourth-order valence-corrected chi connectivity index (χ4v) is 2.40. The first kappa shape index (κ1) is 14.6. The molecule has 0 radical (unpaired) electrons. The zero-order valence-corrected chi connectivity index (χ0v) is 12.6. The maximum atomic E-state index is 6.46. The Morgan fingerprint density at radius 3 is 2.50 bits per heavy atom. The quantitative estimate of drug-likeness (QED) is 0.873. The van der Waals surface area contributed by atoms with E-state index < -0.39 is 0 Å². The highest BCUT2D eigenvalue weighted by molar-refractivity contribution is 5.34. The van der Waals surface area contributed by atoms with Crippen molar-refractivity contribution >= 4 is 0 Å². The van der Waals surface area contributed by atoms with Crippen molar-refractivity contribution in [2.75, 3.05) is 7.11 Å². The fourth-order valence-electron chi connectivity index (χ4n) is 2.40. The Balaban J connectivity index is 2.47. The Labute approximate surface area is 119 Å². The summed E-state index contributed by atoms with van der Waals surface area (Å²) in [5, 5.41) is 8.87. The summed E-state index contributed by atoms with van der Waals surface area (Å²) in [7, 11) is 1.64. The van der Waals surface area contributed by atoms with Crippen LogP contribution in [0.25, 0.3) is 0 Å². The van der Waals surface area contributed by atoms with Crippen LogP contribution in [0.15, 0.2) is 12.3 Å². The van der Waals surface area contributed by atoms with Gasteiger partial charge in [0.2, 0.25) is 0 Å². The zero-order chi connectivity index (χ0) is 14.7. The molecule has 0 amide bonds. The molecular formula is C14H23N5O. The molecule has 0 aromatic carbocycles. The molecule has 0 saturated carbocycles. The molecule has 2 aromatic heterocycles. The Morgan fingerprint density at radius 2 is 1.95 bits per heavy atom. The fraction of sp³-hybridized carbons (Fsp3) is 0.571. The molecule has 0 aliphatic carbocycles. The number of methoxy groups -OCH3 is 1. The van der Waals surface area contributed by atoms with E-state index in [1.165, 1.54) is 0 Å². The number of nitrogens with two attached hydrogens (primary N) is 1. The van der Waals surface area contributed by atoms with Gasteiger partial charge >= 0.3 is 0 Å². The molecule has 1 unspecified atom stereocenters. The lowest BCUT2D eigenvalue weighted by atomic mass is 10.1. The van der Waals surface area contributed by atoms with Gasteiger partial charge in [-0.1, -0.05) is 6.92 Å². The van der Waals surface area contributed by atoms with E-state index in [4.69, 9.17) is 10.5 Å². The predicted molar refractivity (Wildman–Crippen MR) is 77.8 cm³/mol. The van der Waals surface area contributed by atoms with Crippen LogP contribution in [-0.2, 0) is 19.5 Å². The van der Waals surface area contributed by atoms with Gasteiger partial charge in [-0.15, -0.1) is 0 Å². The average molecular weight is 277 g/mol. The molecule has 110 valence electrons. The molecule has 20 heavy (non-hydrogen) atoms. The van der Waals surface area contributed by atoms with Gasteiger partial charge in [0.05, 0.1) is 30.7 Å². The summed E-state index contributed by atoms with van der Waals surface area (Å²) in [5.74, 6) is 0.723. The second kappa shape index (κ2) is 6.09. The van der Waals surface area contributed by atoms with Crippen molar-refractivity contribution in [2.45, 2.75) is 46.3 Å². The molecule has 0 bridgehead atoms. The first-order valence-corrected chi connectivity index (χ1v) is 7.08. The number of hydrogen-bond acceptors (Lipinski definition) is 4. The maximum Gasteiger partial charge on any atom is 0.161 e. The summed E-state index contributed by atoms with van der Waals surface area (Å²) in [5.41, 5.74) is 9.40. The van der Waals surface area contributed by atoms with Gasteiger partial charge in [-0.05, 0) is 26.3 Å². The van der Waals surface area contributed by atoms with Crippen LogP contribution in [0.1, 0.15) is 43.9 Å². The topological polar surface area (TPSA) is 70.9 Å². The molecule has 0 fully saturated rings. The van der Waals surface area contributed by atoms with E-state index in [2.05, 4.69) is 30.1 Å². The van der Waals surface area contributed by atoms with Gasteiger partial charge in [0.15, 0.2) is 5.75 Å². The van der Waals surface area contributed by atoms with E-state index in [9.17, 15) is 0 Å². The molecule has 0 aliphatic heterocycles. The minimum absolute atomic E-state index is 0.292. The first-order chi connectivity index (χ1) is 9.65. The minimum Gasteiger partial charge on any atom is -0.493 e. The van der Waals surface area contributed by atoms with Crippen molar-refractivity contribution in [3.05, 3.63) is 29.3 Å². The molecule has 2 N–H and O–H groups in total. The Morgan fingerprint density at radius 1 is 1.25 bits per heavy atom. The third-order valence-corrected chi connectivity index (χ3v) is 3.50. The SMILES string of the molecule is CCc1cc(C(N)c2c(OC)cnn2CC)n(CC)n1. The van der Waals surface area contributed by atoms with Gasteiger partial charge in [0.1, 0.15) is 5.69 Å². The van der Waals surface area contributed by atoms with Crippen LogP contribution in [0.4, 0.5) is 0 Å². The van der Waals surface area contributed by atoms with Gasteiger partial charge in [-0.25, -0.2) is 0 Å².